The number of amides is 1. The van der Waals surface area contributed by atoms with E-state index in [1.54, 1.807) is 12.1 Å². The van der Waals surface area contributed by atoms with Gasteiger partial charge in [-0.3, -0.25) is 4.79 Å². The second kappa shape index (κ2) is 5.46. The minimum Gasteiger partial charge on any atom is -0.341 e. The topological polar surface area (TPSA) is 54.5 Å². The highest BCUT2D eigenvalue weighted by Crippen LogP contribution is 2.20. The molecule has 0 radical (unpaired) electrons. The van der Waals surface area contributed by atoms with Crippen LogP contribution in [0.2, 0.25) is 5.02 Å². The molecule has 1 aliphatic rings. The van der Waals surface area contributed by atoms with Crippen LogP contribution < -0.4 is 0 Å². The molecular formula is C12H13ClFNO3S. The van der Waals surface area contributed by atoms with Crippen LogP contribution in [0.15, 0.2) is 24.3 Å². The fraction of sp³-hybridized carbons (Fsp3) is 0.417. The van der Waals surface area contributed by atoms with Gasteiger partial charge in [0.1, 0.15) is 5.25 Å². The summed E-state index contributed by atoms with van der Waals surface area (Å²) in [6, 6.07) is 7.17. The van der Waals surface area contributed by atoms with E-state index >= 15 is 0 Å². The van der Waals surface area contributed by atoms with Gasteiger partial charge < -0.3 is 4.90 Å². The van der Waals surface area contributed by atoms with E-state index in [0.717, 1.165) is 5.56 Å². The zero-order valence-corrected chi connectivity index (χ0v) is 11.6. The summed E-state index contributed by atoms with van der Waals surface area (Å²) in [6.07, 6.45) is 0.321. The van der Waals surface area contributed by atoms with Gasteiger partial charge in [0.2, 0.25) is 5.91 Å². The Morgan fingerprint density at radius 3 is 2.47 bits per heavy atom. The Hall–Kier alpha value is -1.14. The Morgan fingerprint density at radius 1 is 1.32 bits per heavy atom. The molecule has 1 amide bonds. The maximum atomic E-state index is 12.8. The normalized spacial score (nSPS) is 20.0. The molecule has 0 aromatic heterocycles. The SMILES string of the molecule is O=C1CC(S(=O)(=O)F)CN1CCc1ccc(Cl)cc1. The monoisotopic (exact) mass is 305 g/mol. The average Bonchev–Trinajstić information content (AvgIpc) is 2.70. The second-order valence-corrected chi connectivity index (χ2v) is 6.57. The highest BCUT2D eigenvalue weighted by molar-refractivity contribution is 7.87. The maximum Gasteiger partial charge on any atom is 0.307 e. The van der Waals surface area contributed by atoms with Crippen LogP contribution >= 0.6 is 11.6 Å². The molecule has 0 N–H and O–H groups in total. The van der Waals surface area contributed by atoms with E-state index < -0.39 is 15.5 Å². The highest BCUT2D eigenvalue weighted by atomic mass is 35.5. The van der Waals surface area contributed by atoms with Crippen molar-refractivity contribution in [1.29, 1.82) is 0 Å². The highest BCUT2D eigenvalue weighted by Gasteiger charge is 2.37. The quantitative estimate of drug-likeness (QED) is 0.797. The zero-order chi connectivity index (χ0) is 14.0. The standard InChI is InChI=1S/C12H13ClFNO3S/c13-10-3-1-9(2-4-10)5-6-15-8-11(7-12(15)16)19(14,17)18/h1-4,11H,5-8H2. The summed E-state index contributed by atoms with van der Waals surface area (Å²) in [5.41, 5.74) is 0.990. The molecule has 1 unspecified atom stereocenters. The van der Waals surface area contributed by atoms with Crippen molar-refractivity contribution >= 4 is 27.7 Å². The maximum absolute atomic E-state index is 12.8. The summed E-state index contributed by atoms with van der Waals surface area (Å²) in [7, 11) is -4.64. The van der Waals surface area contributed by atoms with Gasteiger partial charge >= 0.3 is 10.2 Å². The van der Waals surface area contributed by atoms with Gasteiger partial charge in [-0.1, -0.05) is 23.7 Å². The van der Waals surface area contributed by atoms with Gasteiger partial charge in [-0.05, 0) is 24.1 Å². The number of carbonyl (C=O) groups excluding carboxylic acids is 1. The predicted molar refractivity (Wildman–Crippen MR) is 70.2 cm³/mol. The van der Waals surface area contributed by atoms with Gasteiger partial charge in [-0.2, -0.15) is 8.42 Å². The Bertz CT molecular complexity index is 573. The molecule has 0 bridgehead atoms. The summed E-state index contributed by atoms with van der Waals surface area (Å²) in [6.45, 7) is 0.317. The van der Waals surface area contributed by atoms with E-state index in [2.05, 4.69) is 0 Å². The molecule has 0 saturated carbocycles. The summed E-state index contributed by atoms with van der Waals surface area (Å²) in [5, 5.41) is -0.588. The minimum absolute atomic E-state index is 0.0642. The van der Waals surface area contributed by atoms with E-state index in [9.17, 15) is 17.1 Å². The van der Waals surface area contributed by atoms with Crippen molar-refractivity contribution in [2.75, 3.05) is 13.1 Å². The van der Waals surface area contributed by atoms with Gasteiger partial charge in [-0.25, -0.2) is 0 Å². The first kappa shape index (κ1) is 14.3. The molecule has 0 aliphatic carbocycles. The van der Waals surface area contributed by atoms with Gasteiger partial charge in [0.05, 0.1) is 0 Å². The van der Waals surface area contributed by atoms with E-state index in [1.165, 1.54) is 4.90 Å². The lowest BCUT2D eigenvalue weighted by molar-refractivity contribution is -0.127. The first-order chi connectivity index (χ1) is 8.86. The Balaban J connectivity index is 1.94. The van der Waals surface area contributed by atoms with Crippen LogP contribution in [0, 0.1) is 0 Å². The third kappa shape index (κ3) is 3.67. The van der Waals surface area contributed by atoms with Crippen molar-refractivity contribution in [1.82, 2.24) is 4.90 Å². The lowest BCUT2D eigenvalue weighted by Crippen LogP contribution is -2.29. The number of hydrogen-bond donors (Lipinski definition) is 0. The molecule has 19 heavy (non-hydrogen) atoms. The van der Waals surface area contributed by atoms with Crippen LogP contribution in [0.4, 0.5) is 3.89 Å². The van der Waals surface area contributed by atoms with Gasteiger partial charge in [0, 0.05) is 24.5 Å². The summed E-state index contributed by atoms with van der Waals surface area (Å²) < 4.78 is 34.4. The number of carbonyl (C=O) groups is 1. The molecule has 104 valence electrons. The van der Waals surface area contributed by atoms with Crippen LogP contribution in [0.1, 0.15) is 12.0 Å². The van der Waals surface area contributed by atoms with Crippen molar-refractivity contribution in [3.63, 3.8) is 0 Å². The Kier molecular flexibility index (Phi) is 4.10. The largest absolute Gasteiger partial charge is 0.341 e. The smallest absolute Gasteiger partial charge is 0.307 e. The van der Waals surface area contributed by atoms with Crippen LogP contribution in [-0.2, 0) is 21.4 Å². The molecule has 4 nitrogen and oxygen atoms in total. The number of nitrogens with zero attached hydrogens (tertiary/aromatic N) is 1. The van der Waals surface area contributed by atoms with Crippen LogP contribution in [0.5, 0.6) is 0 Å². The molecule has 0 spiro atoms. The van der Waals surface area contributed by atoms with Gasteiger partial charge in [0.15, 0.2) is 0 Å². The molecule has 1 saturated heterocycles. The number of benzene rings is 1. The minimum atomic E-state index is -4.64. The van der Waals surface area contributed by atoms with E-state index in [0.29, 0.717) is 18.0 Å². The molecule has 1 heterocycles. The molecule has 2 rings (SSSR count). The number of rotatable bonds is 4. The molecule has 1 aromatic carbocycles. The predicted octanol–water partition coefficient (Wildman–Crippen LogP) is 1.78. The van der Waals surface area contributed by atoms with Crippen molar-refractivity contribution in [2.45, 2.75) is 18.1 Å². The lowest BCUT2D eigenvalue weighted by atomic mass is 10.1. The van der Waals surface area contributed by atoms with Crippen LogP contribution in [-0.4, -0.2) is 37.6 Å². The van der Waals surface area contributed by atoms with E-state index in [-0.39, 0.29) is 18.9 Å². The van der Waals surface area contributed by atoms with E-state index in [1.807, 2.05) is 12.1 Å². The van der Waals surface area contributed by atoms with Gasteiger partial charge in [-0.15, -0.1) is 3.89 Å². The van der Waals surface area contributed by atoms with E-state index in [4.69, 9.17) is 11.6 Å². The molecule has 7 heteroatoms. The van der Waals surface area contributed by atoms with Crippen molar-refractivity contribution in [3.8, 4) is 0 Å². The van der Waals surface area contributed by atoms with Crippen molar-refractivity contribution in [3.05, 3.63) is 34.9 Å². The van der Waals surface area contributed by atoms with Crippen LogP contribution in [0.25, 0.3) is 0 Å². The Labute approximate surface area is 116 Å². The first-order valence-corrected chi connectivity index (χ1v) is 7.64. The third-order valence-corrected chi connectivity index (χ3v) is 4.52. The molecule has 1 aromatic rings. The molecule has 1 fully saturated rings. The fourth-order valence-electron chi connectivity index (χ4n) is 2.06. The average molecular weight is 306 g/mol. The number of likely N-dealkylation sites (tertiary alicyclic amines) is 1. The van der Waals surface area contributed by atoms with Gasteiger partial charge in [0.25, 0.3) is 0 Å². The molecule has 1 aliphatic heterocycles. The molecule has 1 atom stereocenters. The summed E-state index contributed by atoms with van der Waals surface area (Å²) in [4.78, 5) is 13.0. The van der Waals surface area contributed by atoms with Crippen LogP contribution in [0.3, 0.4) is 0 Å². The summed E-state index contributed by atoms with van der Waals surface area (Å²) >= 11 is 5.76. The lowest BCUT2D eigenvalue weighted by Gasteiger charge is -2.15. The number of halogens is 2. The first-order valence-electron chi connectivity index (χ1n) is 5.82. The Morgan fingerprint density at radius 2 is 1.95 bits per heavy atom. The van der Waals surface area contributed by atoms with Crippen molar-refractivity contribution < 1.29 is 17.1 Å². The third-order valence-electron chi connectivity index (χ3n) is 3.16. The van der Waals surface area contributed by atoms with Crippen molar-refractivity contribution in [2.24, 2.45) is 0 Å². The fourth-order valence-corrected chi connectivity index (χ4v) is 2.88. The zero-order valence-electron chi connectivity index (χ0n) is 10.1. The summed E-state index contributed by atoms with van der Waals surface area (Å²) in [5.74, 6) is -0.319. The number of hydrogen-bond acceptors (Lipinski definition) is 3. The second-order valence-electron chi connectivity index (χ2n) is 4.52. The molecular weight excluding hydrogens is 293 g/mol.